The van der Waals surface area contributed by atoms with E-state index in [0.717, 1.165) is 16.0 Å². The molecule has 1 aliphatic rings. The minimum absolute atomic E-state index is 0.0407. The molecule has 1 unspecified atom stereocenters. The lowest BCUT2D eigenvalue weighted by atomic mass is 10.0. The van der Waals surface area contributed by atoms with Gasteiger partial charge in [0.05, 0.1) is 17.2 Å². The third-order valence-electron chi connectivity index (χ3n) is 5.52. The molecule has 2 heterocycles. The molecule has 2 aromatic carbocycles. The number of hydrogen-bond acceptors (Lipinski definition) is 4. The summed E-state index contributed by atoms with van der Waals surface area (Å²) in [5.41, 5.74) is 8.32. The minimum Gasteiger partial charge on any atom is -0.365 e. The standard InChI is InChI=1S/C24H22FN3O3S/c1-13-8-9-18(17(25)10-13)28-12-16(11-19(28)29)23(31)27-24-21(22(26)30)20(14(2)32-24)15-6-4-3-5-7-15/h3-10,16H,11-12H2,1-2H3,(H2,26,30)(H,27,31). The smallest absolute Gasteiger partial charge is 0.252 e. The maximum atomic E-state index is 14.4. The molecule has 164 valence electrons. The molecule has 6 nitrogen and oxygen atoms in total. The largest absolute Gasteiger partial charge is 0.365 e. The number of nitrogens with zero attached hydrogens (tertiary/aromatic N) is 1. The number of thiophene rings is 1. The molecular weight excluding hydrogens is 429 g/mol. The first kappa shape index (κ1) is 21.7. The lowest BCUT2D eigenvalue weighted by Gasteiger charge is -2.17. The number of rotatable bonds is 5. The van der Waals surface area contributed by atoms with Crippen LogP contribution in [0.5, 0.6) is 0 Å². The number of benzene rings is 2. The van der Waals surface area contributed by atoms with E-state index in [1.54, 1.807) is 19.1 Å². The minimum atomic E-state index is -0.675. The van der Waals surface area contributed by atoms with Gasteiger partial charge >= 0.3 is 0 Å². The van der Waals surface area contributed by atoms with Gasteiger partial charge in [-0.2, -0.15) is 0 Å². The Bertz CT molecular complexity index is 1220. The summed E-state index contributed by atoms with van der Waals surface area (Å²) in [5.74, 6) is -2.55. The van der Waals surface area contributed by atoms with Crippen LogP contribution in [-0.2, 0) is 9.59 Å². The van der Waals surface area contributed by atoms with Crippen LogP contribution in [-0.4, -0.2) is 24.3 Å². The summed E-state index contributed by atoms with van der Waals surface area (Å²) in [5, 5.41) is 3.14. The highest BCUT2D eigenvalue weighted by Crippen LogP contribution is 2.40. The molecule has 3 N–H and O–H groups in total. The molecule has 3 amide bonds. The summed E-state index contributed by atoms with van der Waals surface area (Å²) < 4.78 is 14.4. The van der Waals surface area contributed by atoms with Crippen LogP contribution >= 0.6 is 11.3 Å². The van der Waals surface area contributed by atoms with E-state index in [2.05, 4.69) is 5.32 Å². The molecular formula is C24H22FN3O3S. The molecule has 8 heteroatoms. The molecule has 0 aliphatic carbocycles. The van der Waals surface area contributed by atoms with Gasteiger partial charge in [-0.25, -0.2) is 4.39 Å². The van der Waals surface area contributed by atoms with E-state index in [1.165, 1.54) is 22.3 Å². The molecule has 0 spiro atoms. The summed E-state index contributed by atoms with van der Waals surface area (Å²) in [6.07, 6.45) is -0.0407. The summed E-state index contributed by atoms with van der Waals surface area (Å²) >= 11 is 1.26. The van der Waals surface area contributed by atoms with Gasteiger partial charge in [-0.15, -0.1) is 11.3 Å². The summed E-state index contributed by atoms with van der Waals surface area (Å²) in [7, 11) is 0. The average molecular weight is 452 g/mol. The summed E-state index contributed by atoms with van der Waals surface area (Å²) in [4.78, 5) is 39.9. The van der Waals surface area contributed by atoms with Crippen LogP contribution in [0.3, 0.4) is 0 Å². The van der Waals surface area contributed by atoms with Crippen LogP contribution < -0.4 is 16.0 Å². The van der Waals surface area contributed by atoms with Gasteiger partial charge in [0.2, 0.25) is 11.8 Å². The van der Waals surface area contributed by atoms with E-state index < -0.39 is 23.5 Å². The van der Waals surface area contributed by atoms with Crippen LogP contribution in [0.25, 0.3) is 11.1 Å². The number of carbonyl (C=O) groups excluding carboxylic acids is 3. The predicted molar refractivity (Wildman–Crippen MR) is 123 cm³/mol. The Hall–Kier alpha value is -3.52. The van der Waals surface area contributed by atoms with E-state index in [-0.39, 0.29) is 30.1 Å². The quantitative estimate of drug-likeness (QED) is 0.607. The normalized spacial score (nSPS) is 15.8. The summed E-state index contributed by atoms with van der Waals surface area (Å²) in [6, 6.07) is 14.0. The van der Waals surface area contributed by atoms with Gasteiger partial charge in [0.25, 0.3) is 5.91 Å². The second-order valence-electron chi connectivity index (χ2n) is 7.82. The van der Waals surface area contributed by atoms with Crippen molar-refractivity contribution < 1.29 is 18.8 Å². The molecule has 1 fully saturated rings. The van der Waals surface area contributed by atoms with Gasteiger partial charge in [0, 0.05) is 23.4 Å². The molecule has 4 rings (SSSR count). The fourth-order valence-electron chi connectivity index (χ4n) is 3.98. The number of amides is 3. The van der Waals surface area contributed by atoms with Crippen molar-refractivity contribution in [1.29, 1.82) is 0 Å². The molecule has 1 saturated heterocycles. The Morgan fingerprint density at radius 2 is 1.88 bits per heavy atom. The number of halogens is 1. The van der Waals surface area contributed by atoms with Crippen LogP contribution in [0.4, 0.5) is 15.1 Å². The third kappa shape index (κ3) is 4.01. The lowest BCUT2D eigenvalue weighted by molar-refractivity contribution is -0.122. The molecule has 0 saturated carbocycles. The van der Waals surface area contributed by atoms with Crippen molar-refractivity contribution in [2.24, 2.45) is 11.7 Å². The van der Waals surface area contributed by atoms with Crippen molar-refractivity contribution in [2.45, 2.75) is 20.3 Å². The van der Waals surface area contributed by atoms with E-state index in [1.807, 2.05) is 37.3 Å². The zero-order valence-electron chi connectivity index (χ0n) is 17.6. The van der Waals surface area contributed by atoms with Gasteiger partial charge in [-0.1, -0.05) is 36.4 Å². The Labute approximate surface area is 188 Å². The first-order chi connectivity index (χ1) is 15.3. The number of hydrogen-bond donors (Lipinski definition) is 2. The second-order valence-corrected chi connectivity index (χ2v) is 9.04. The number of primary amides is 1. The van der Waals surface area contributed by atoms with Crippen LogP contribution in [0.1, 0.15) is 27.2 Å². The maximum absolute atomic E-state index is 14.4. The molecule has 1 aromatic heterocycles. The zero-order valence-corrected chi connectivity index (χ0v) is 18.5. The maximum Gasteiger partial charge on any atom is 0.252 e. The summed E-state index contributed by atoms with van der Waals surface area (Å²) in [6.45, 7) is 3.68. The highest BCUT2D eigenvalue weighted by Gasteiger charge is 2.37. The molecule has 0 bridgehead atoms. The second kappa shape index (κ2) is 8.55. The highest BCUT2D eigenvalue weighted by atomic mass is 32.1. The number of anilines is 2. The Balaban J connectivity index is 1.58. The van der Waals surface area contributed by atoms with E-state index in [0.29, 0.717) is 10.6 Å². The SMILES string of the molecule is Cc1ccc(N2CC(C(=O)Nc3sc(C)c(-c4ccccc4)c3C(N)=O)CC2=O)c(F)c1. The highest BCUT2D eigenvalue weighted by molar-refractivity contribution is 7.17. The van der Waals surface area contributed by atoms with Gasteiger partial charge < -0.3 is 16.0 Å². The predicted octanol–water partition coefficient (Wildman–Crippen LogP) is 4.26. The molecule has 0 radical (unpaired) electrons. The number of aryl methyl sites for hydroxylation is 2. The van der Waals surface area contributed by atoms with Crippen molar-refractivity contribution in [3.05, 3.63) is 70.4 Å². The van der Waals surface area contributed by atoms with Crippen molar-refractivity contribution in [3.8, 4) is 11.1 Å². The van der Waals surface area contributed by atoms with Crippen LogP contribution in [0.2, 0.25) is 0 Å². The van der Waals surface area contributed by atoms with E-state index in [4.69, 9.17) is 5.73 Å². The third-order valence-corrected chi connectivity index (χ3v) is 6.54. The first-order valence-corrected chi connectivity index (χ1v) is 10.9. The molecule has 32 heavy (non-hydrogen) atoms. The lowest BCUT2D eigenvalue weighted by Crippen LogP contribution is -2.29. The van der Waals surface area contributed by atoms with Gasteiger partial charge in [-0.3, -0.25) is 14.4 Å². The number of nitrogens with one attached hydrogen (secondary N) is 1. The molecule has 3 aromatic rings. The monoisotopic (exact) mass is 451 g/mol. The average Bonchev–Trinajstić information content (AvgIpc) is 3.28. The fourth-order valence-corrected chi connectivity index (χ4v) is 5.07. The van der Waals surface area contributed by atoms with Gasteiger partial charge in [0.15, 0.2) is 0 Å². The Morgan fingerprint density at radius 3 is 2.53 bits per heavy atom. The van der Waals surface area contributed by atoms with Crippen molar-refractivity contribution in [1.82, 2.24) is 0 Å². The zero-order chi connectivity index (χ0) is 23.0. The van der Waals surface area contributed by atoms with Crippen LogP contribution in [0.15, 0.2) is 48.5 Å². The van der Waals surface area contributed by atoms with Crippen molar-refractivity contribution in [3.63, 3.8) is 0 Å². The number of carbonyl (C=O) groups is 3. The Morgan fingerprint density at radius 1 is 1.16 bits per heavy atom. The van der Waals surface area contributed by atoms with Crippen LogP contribution in [0, 0.1) is 25.6 Å². The van der Waals surface area contributed by atoms with E-state index >= 15 is 0 Å². The Kier molecular flexibility index (Phi) is 5.80. The molecule has 1 atom stereocenters. The fraction of sp³-hybridized carbons (Fsp3) is 0.208. The topological polar surface area (TPSA) is 92.5 Å². The van der Waals surface area contributed by atoms with E-state index in [9.17, 15) is 18.8 Å². The van der Waals surface area contributed by atoms with Gasteiger partial charge in [-0.05, 0) is 37.1 Å². The van der Waals surface area contributed by atoms with Gasteiger partial charge in [0.1, 0.15) is 10.8 Å². The number of nitrogens with two attached hydrogens (primary N) is 1. The van der Waals surface area contributed by atoms with Crippen molar-refractivity contribution >= 4 is 39.7 Å². The van der Waals surface area contributed by atoms with Crippen molar-refractivity contribution in [2.75, 3.05) is 16.8 Å². The molecule has 1 aliphatic heterocycles. The first-order valence-electron chi connectivity index (χ1n) is 10.1.